The van der Waals surface area contributed by atoms with Crippen LogP contribution >= 0.6 is 0 Å². The third-order valence-electron chi connectivity index (χ3n) is 7.82. The summed E-state index contributed by atoms with van der Waals surface area (Å²) in [5, 5.41) is 5.69. The second-order valence-corrected chi connectivity index (χ2v) is 11.3. The maximum Gasteiger partial charge on any atom is 0.348 e. The minimum atomic E-state index is -0.939. The summed E-state index contributed by atoms with van der Waals surface area (Å²) < 4.78 is 18.7. The Bertz CT molecular complexity index is 1820. The van der Waals surface area contributed by atoms with Gasteiger partial charge in [0.2, 0.25) is 23.6 Å². The zero-order valence-corrected chi connectivity index (χ0v) is 26.9. The highest BCUT2D eigenvalue weighted by molar-refractivity contribution is 5.90. The fraction of sp³-hybridized carbons (Fsp3) is 0.353. The number of nitrogens with one attached hydrogen (secondary N) is 2. The second kappa shape index (κ2) is 14.8. The number of fused-ring (bicyclic) bond motifs is 5. The second-order valence-electron chi connectivity index (χ2n) is 11.3. The minimum Gasteiger partial charge on any atom is -0.493 e. The van der Waals surface area contributed by atoms with Crippen LogP contribution in [0.15, 0.2) is 63.8 Å². The Kier molecular flexibility index (Phi) is 10.3. The highest BCUT2D eigenvalue weighted by Gasteiger charge is 2.26. The Hall–Kier alpha value is -5.46. The molecule has 1 atom stereocenters. The summed E-state index contributed by atoms with van der Waals surface area (Å²) in [5.74, 6) is 0.426. The van der Waals surface area contributed by atoms with Gasteiger partial charge in [0.15, 0.2) is 11.5 Å². The number of carbonyl (C=O) groups is 3. The molecule has 5 rings (SSSR count). The first-order valence-corrected chi connectivity index (χ1v) is 15.3. The maximum atomic E-state index is 13.6. The third kappa shape index (κ3) is 8.23. The molecular formula is C34H38N6O7. The lowest BCUT2D eigenvalue weighted by atomic mass is 10.1. The normalized spacial score (nSPS) is 15.9. The number of carbonyl (C=O) groups excluding carboxylic acids is 3. The van der Waals surface area contributed by atoms with Crippen LogP contribution in [-0.4, -0.2) is 70.0 Å². The lowest BCUT2D eigenvalue weighted by Gasteiger charge is -2.25. The zero-order chi connectivity index (χ0) is 33.5. The van der Waals surface area contributed by atoms with Crippen molar-refractivity contribution in [2.24, 2.45) is 0 Å². The Morgan fingerprint density at radius 3 is 2.57 bits per heavy atom. The summed E-state index contributed by atoms with van der Waals surface area (Å²) in [4.78, 5) is 63.1. The van der Waals surface area contributed by atoms with Crippen molar-refractivity contribution >= 4 is 17.7 Å². The van der Waals surface area contributed by atoms with Crippen LogP contribution < -0.4 is 25.8 Å². The van der Waals surface area contributed by atoms with E-state index in [0.717, 1.165) is 5.56 Å². The van der Waals surface area contributed by atoms with Crippen molar-refractivity contribution < 1.29 is 28.3 Å². The first-order chi connectivity index (χ1) is 22.6. The first-order valence-electron chi connectivity index (χ1n) is 15.3. The van der Waals surface area contributed by atoms with Crippen LogP contribution in [0.25, 0.3) is 11.5 Å². The van der Waals surface area contributed by atoms with E-state index in [4.69, 9.17) is 13.9 Å². The molecule has 2 aromatic heterocycles. The predicted octanol–water partition coefficient (Wildman–Crippen LogP) is 2.49. The largest absolute Gasteiger partial charge is 0.493 e. The zero-order valence-electron chi connectivity index (χ0n) is 26.9. The molecule has 13 nitrogen and oxygen atoms in total. The molecule has 0 spiro atoms. The van der Waals surface area contributed by atoms with E-state index >= 15 is 0 Å². The molecule has 4 bridgehead atoms. The van der Waals surface area contributed by atoms with Crippen LogP contribution in [0, 0.1) is 20.8 Å². The lowest BCUT2D eigenvalue weighted by molar-refractivity contribution is -0.137. The summed E-state index contributed by atoms with van der Waals surface area (Å²) in [6.45, 7) is 4.94. The van der Waals surface area contributed by atoms with E-state index in [9.17, 15) is 19.2 Å². The molecular weight excluding hydrogens is 604 g/mol. The number of hydrogen-bond acceptors (Lipinski definition) is 9. The van der Waals surface area contributed by atoms with Crippen molar-refractivity contribution in [2.45, 2.75) is 52.7 Å². The van der Waals surface area contributed by atoms with Gasteiger partial charge in [-0.3, -0.25) is 19.0 Å². The SMILES string of the molecule is COc1ccc2cc1OCCCN(C(=O)Cn1c(C)cc(C)nc1=O)CC(=O)N[C@H](Cc1ccccc1)C(=O)NCc1nc-2oc1C. The molecule has 0 saturated heterocycles. The van der Waals surface area contributed by atoms with Gasteiger partial charge in [-0.15, -0.1) is 0 Å². The quantitative estimate of drug-likeness (QED) is 0.334. The number of ether oxygens (including phenoxy) is 2. The smallest absolute Gasteiger partial charge is 0.348 e. The Morgan fingerprint density at radius 2 is 1.83 bits per heavy atom. The van der Waals surface area contributed by atoms with Crippen molar-refractivity contribution in [1.29, 1.82) is 0 Å². The van der Waals surface area contributed by atoms with Crippen LogP contribution in [0.5, 0.6) is 11.5 Å². The highest BCUT2D eigenvalue weighted by atomic mass is 16.5. The van der Waals surface area contributed by atoms with Gasteiger partial charge in [0.05, 0.1) is 26.8 Å². The van der Waals surface area contributed by atoms with Crippen LogP contribution in [0.2, 0.25) is 0 Å². The maximum absolute atomic E-state index is 13.6. The van der Waals surface area contributed by atoms with Crippen LogP contribution in [0.3, 0.4) is 0 Å². The molecule has 3 amide bonds. The molecule has 3 heterocycles. The molecule has 13 heteroatoms. The van der Waals surface area contributed by atoms with Crippen molar-refractivity contribution in [1.82, 2.24) is 30.1 Å². The van der Waals surface area contributed by atoms with Crippen molar-refractivity contribution in [3.05, 3.63) is 93.5 Å². The fourth-order valence-electron chi connectivity index (χ4n) is 5.34. The summed E-state index contributed by atoms with van der Waals surface area (Å²) in [6.07, 6.45) is 0.574. The van der Waals surface area contributed by atoms with Crippen molar-refractivity contribution in [3.63, 3.8) is 0 Å². The van der Waals surface area contributed by atoms with Gasteiger partial charge in [0.1, 0.15) is 24.0 Å². The van der Waals surface area contributed by atoms with E-state index in [-0.39, 0.29) is 39.2 Å². The monoisotopic (exact) mass is 642 g/mol. The average molecular weight is 643 g/mol. The van der Waals surface area contributed by atoms with E-state index in [1.807, 2.05) is 30.3 Å². The molecule has 2 N–H and O–H groups in total. The summed E-state index contributed by atoms with van der Waals surface area (Å²) in [6, 6.07) is 15.4. The molecule has 2 aromatic carbocycles. The summed E-state index contributed by atoms with van der Waals surface area (Å²) in [7, 11) is 1.53. The fourth-order valence-corrected chi connectivity index (χ4v) is 5.34. The number of rotatable bonds is 5. The van der Waals surface area contributed by atoms with E-state index in [2.05, 4.69) is 20.6 Å². The van der Waals surface area contributed by atoms with E-state index in [0.29, 0.717) is 52.2 Å². The van der Waals surface area contributed by atoms with Gasteiger partial charge in [-0.05, 0) is 57.0 Å². The molecule has 1 aliphatic heterocycles. The molecule has 0 fully saturated rings. The predicted molar refractivity (Wildman–Crippen MR) is 172 cm³/mol. The molecule has 0 radical (unpaired) electrons. The molecule has 47 heavy (non-hydrogen) atoms. The topological polar surface area (TPSA) is 158 Å². The van der Waals surface area contributed by atoms with E-state index in [1.54, 1.807) is 45.0 Å². The van der Waals surface area contributed by atoms with Crippen LogP contribution in [0.1, 0.15) is 34.8 Å². The summed E-state index contributed by atoms with van der Waals surface area (Å²) in [5.41, 5.74) is 2.60. The van der Waals surface area contributed by atoms with Gasteiger partial charge >= 0.3 is 5.69 Å². The third-order valence-corrected chi connectivity index (χ3v) is 7.82. The number of nitrogens with zero attached hydrogens (tertiary/aromatic N) is 4. The van der Waals surface area contributed by atoms with E-state index in [1.165, 1.54) is 16.6 Å². The number of oxazole rings is 1. The van der Waals surface area contributed by atoms with Gasteiger partial charge in [0, 0.05) is 29.9 Å². The molecule has 0 unspecified atom stereocenters. The van der Waals surface area contributed by atoms with Crippen molar-refractivity contribution in [2.75, 3.05) is 26.8 Å². The number of aromatic nitrogens is 3. The number of methoxy groups -OCH3 is 1. The van der Waals surface area contributed by atoms with Gasteiger partial charge in [-0.2, -0.15) is 4.98 Å². The van der Waals surface area contributed by atoms with Gasteiger partial charge in [0.25, 0.3) is 0 Å². The number of benzene rings is 2. The molecule has 246 valence electrons. The molecule has 0 saturated carbocycles. The number of hydrogen-bond donors (Lipinski definition) is 2. The van der Waals surface area contributed by atoms with Gasteiger partial charge in [-0.25, -0.2) is 9.78 Å². The summed E-state index contributed by atoms with van der Waals surface area (Å²) >= 11 is 0. The average Bonchev–Trinajstić information content (AvgIpc) is 3.42. The number of amides is 3. The lowest BCUT2D eigenvalue weighted by Crippen LogP contribution is -2.51. The first kappa shape index (κ1) is 32.9. The number of aryl methyl sites for hydroxylation is 3. The standard InChI is InChI=1S/C34H38N6O7/c1-21-15-22(2)40(34(44)36-21)20-31(42)39-13-8-14-46-29-17-25(11-12-28(29)45-4)33-38-27(23(3)47-33)18-35-32(43)26(37-30(41)19-39)16-24-9-6-5-7-10-24/h5-7,9-12,15,17,26H,8,13-14,16,18-20H2,1-4H3,(H,35,43)(H,37,41)/t26-/m1/s1. The minimum absolute atomic E-state index is 0.0676. The molecule has 1 aliphatic rings. The van der Waals surface area contributed by atoms with E-state index < -0.39 is 29.5 Å². The Balaban J connectivity index is 1.45. The Labute approximate surface area is 271 Å². The van der Waals surface area contributed by atoms with Crippen LogP contribution in [-0.2, 0) is 33.9 Å². The molecule has 0 aliphatic carbocycles. The van der Waals surface area contributed by atoms with Crippen LogP contribution in [0.4, 0.5) is 0 Å². The van der Waals surface area contributed by atoms with Gasteiger partial charge < -0.3 is 29.4 Å². The highest BCUT2D eigenvalue weighted by Crippen LogP contribution is 2.33. The molecule has 4 aromatic rings. The van der Waals surface area contributed by atoms with Gasteiger partial charge in [-0.1, -0.05) is 30.3 Å². The Morgan fingerprint density at radius 1 is 1.04 bits per heavy atom. The van der Waals surface area contributed by atoms with Crippen molar-refractivity contribution in [3.8, 4) is 23.0 Å².